The number of rotatable bonds is 6. The van der Waals surface area contributed by atoms with Crippen LogP contribution >= 0.6 is 11.8 Å². The molecule has 102 valence electrons. The Labute approximate surface area is 110 Å². The standard InChI is InChI=1S/C11H18N2O4S/c14-9(5-8-1-3-18-4-2-8)12-6-10(15)13-7-11(16)17/h8H,1-7H2,(H,12,14)(H,13,15)(H,16,17). The van der Waals surface area contributed by atoms with E-state index >= 15 is 0 Å². The average molecular weight is 274 g/mol. The molecule has 0 aromatic carbocycles. The van der Waals surface area contributed by atoms with Crippen LogP contribution in [-0.4, -0.2) is 47.5 Å². The Morgan fingerprint density at radius 1 is 1.06 bits per heavy atom. The lowest BCUT2D eigenvalue weighted by Gasteiger charge is -2.20. The van der Waals surface area contributed by atoms with Gasteiger partial charge in [-0.1, -0.05) is 0 Å². The van der Waals surface area contributed by atoms with Crippen LogP contribution in [-0.2, 0) is 14.4 Å². The molecular formula is C11H18N2O4S. The second kappa shape index (κ2) is 7.97. The van der Waals surface area contributed by atoms with Gasteiger partial charge in [0.25, 0.3) is 0 Å². The lowest BCUT2D eigenvalue weighted by molar-refractivity contribution is -0.137. The highest BCUT2D eigenvalue weighted by molar-refractivity contribution is 7.99. The number of hydrogen-bond acceptors (Lipinski definition) is 4. The van der Waals surface area contributed by atoms with Gasteiger partial charge in [-0.15, -0.1) is 0 Å². The molecule has 0 radical (unpaired) electrons. The Morgan fingerprint density at radius 3 is 2.28 bits per heavy atom. The van der Waals surface area contributed by atoms with E-state index in [1.807, 2.05) is 11.8 Å². The maximum Gasteiger partial charge on any atom is 0.322 e. The normalized spacial score (nSPS) is 16.0. The molecule has 1 rings (SSSR count). The first kappa shape index (κ1) is 14.8. The molecule has 3 N–H and O–H groups in total. The Hall–Kier alpha value is -1.24. The molecule has 0 aromatic rings. The van der Waals surface area contributed by atoms with Crippen LogP contribution in [0.1, 0.15) is 19.3 Å². The minimum absolute atomic E-state index is 0.141. The van der Waals surface area contributed by atoms with E-state index in [-0.39, 0.29) is 12.5 Å². The zero-order chi connectivity index (χ0) is 13.4. The zero-order valence-electron chi connectivity index (χ0n) is 10.1. The number of carbonyl (C=O) groups is 3. The predicted octanol–water partition coefficient (Wildman–Crippen LogP) is -0.163. The molecule has 1 aliphatic rings. The monoisotopic (exact) mass is 274 g/mol. The lowest BCUT2D eigenvalue weighted by Crippen LogP contribution is -2.39. The molecule has 0 atom stereocenters. The topological polar surface area (TPSA) is 95.5 Å². The lowest BCUT2D eigenvalue weighted by atomic mass is 9.98. The number of carbonyl (C=O) groups excluding carboxylic acids is 2. The minimum Gasteiger partial charge on any atom is -0.480 e. The van der Waals surface area contributed by atoms with E-state index in [4.69, 9.17) is 5.11 Å². The summed E-state index contributed by atoms with van der Waals surface area (Å²) in [6.07, 6.45) is 2.54. The molecule has 0 saturated carbocycles. The van der Waals surface area contributed by atoms with Crippen molar-refractivity contribution in [1.82, 2.24) is 10.6 Å². The van der Waals surface area contributed by atoms with Gasteiger partial charge in [-0.25, -0.2) is 0 Å². The molecule has 1 saturated heterocycles. The van der Waals surface area contributed by atoms with Crippen LogP contribution in [0.25, 0.3) is 0 Å². The summed E-state index contributed by atoms with van der Waals surface area (Å²) in [5, 5.41) is 13.0. The fraction of sp³-hybridized carbons (Fsp3) is 0.727. The third-order valence-electron chi connectivity index (χ3n) is 2.70. The van der Waals surface area contributed by atoms with E-state index in [0.29, 0.717) is 12.3 Å². The molecule has 6 nitrogen and oxygen atoms in total. The third-order valence-corrected chi connectivity index (χ3v) is 3.75. The second-order valence-corrected chi connectivity index (χ2v) is 5.43. The molecule has 7 heteroatoms. The smallest absolute Gasteiger partial charge is 0.322 e. The number of hydrogen-bond donors (Lipinski definition) is 3. The van der Waals surface area contributed by atoms with E-state index in [0.717, 1.165) is 24.3 Å². The summed E-state index contributed by atoms with van der Waals surface area (Å²) in [5.41, 5.74) is 0. The highest BCUT2D eigenvalue weighted by Gasteiger charge is 2.17. The number of carboxylic acid groups (broad SMARTS) is 1. The van der Waals surface area contributed by atoms with Crippen LogP contribution in [0.15, 0.2) is 0 Å². The van der Waals surface area contributed by atoms with Crippen molar-refractivity contribution in [2.45, 2.75) is 19.3 Å². The van der Waals surface area contributed by atoms with Crippen molar-refractivity contribution in [2.24, 2.45) is 5.92 Å². The van der Waals surface area contributed by atoms with Crippen LogP contribution in [0.4, 0.5) is 0 Å². The van der Waals surface area contributed by atoms with Crippen molar-refractivity contribution in [3.63, 3.8) is 0 Å². The van der Waals surface area contributed by atoms with Crippen LogP contribution < -0.4 is 10.6 Å². The molecule has 0 spiro atoms. The van der Waals surface area contributed by atoms with Crippen LogP contribution in [0.2, 0.25) is 0 Å². The third kappa shape index (κ3) is 6.48. The van der Waals surface area contributed by atoms with Crippen molar-refractivity contribution < 1.29 is 19.5 Å². The Bertz CT molecular complexity index is 316. The fourth-order valence-corrected chi connectivity index (χ4v) is 2.90. The molecule has 1 heterocycles. The number of nitrogens with one attached hydrogen (secondary N) is 2. The summed E-state index contributed by atoms with van der Waals surface area (Å²) < 4.78 is 0. The van der Waals surface area contributed by atoms with Gasteiger partial charge in [0.1, 0.15) is 6.54 Å². The average Bonchev–Trinajstić information content (AvgIpc) is 2.35. The molecule has 1 fully saturated rings. The van der Waals surface area contributed by atoms with E-state index in [9.17, 15) is 14.4 Å². The van der Waals surface area contributed by atoms with Crippen molar-refractivity contribution in [3.05, 3.63) is 0 Å². The summed E-state index contributed by atoms with van der Waals surface area (Å²) in [6.45, 7) is -0.581. The quantitative estimate of drug-likeness (QED) is 0.625. The fourth-order valence-electron chi connectivity index (χ4n) is 1.70. The molecular weight excluding hydrogens is 256 g/mol. The van der Waals surface area contributed by atoms with Crippen LogP contribution in [0.5, 0.6) is 0 Å². The van der Waals surface area contributed by atoms with Gasteiger partial charge in [0.15, 0.2) is 0 Å². The number of aliphatic carboxylic acids is 1. The van der Waals surface area contributed by atoms with Crippen molar-refractivity contribution in [1.29, 1.82) is 0 Å². The number of carboxylic acids is 1. The first-order valence-electron chi connectivity index (χ1n) is 5.91. The largest absolute Gasteiger partial charge is 0.480 e. The maximum atomic E-state index is 11.5. The van der Waals surface area contributed by atoms with Gasteiger partial charge >= 0.3 is 5.97 Å². The molecule has 0 aromatic heterocycles. The summed E-state index contributed by atoms with van der Waals surface area (Å²) in [6, 6.07) is 0. The van der Waals surface area contributed by atoms with Gasteiger partial charge < -0.3 is 15.7 Å². The highest BCUT2D eigenvalue weighted by atomic mass is 32.2. The molecule has 0 aliphatic carbocycles. The molecule has 1 aliphatic heterocycles. The van der Waals surface area contributed by atoms with Crippen molar-refractivity contribution in [3.8, 4) is 0 Å². The summed E-state index contributed by atoms with van der Waals surface area (Å²) in [4.78, 5) is 32.9. The maximum absolute atomic E-state index is 11.5. The first-order chi connectivity index (χ1) is 8.58. The SMILES string of the molecule is O=C(O)CNC(=O)CNC(=O)CC1CCSCC1. The van der Waals surface area contributed by atoms with Gasteiger partial charge in [0, 0.05) is 6.42 Å². The number of thioether (sulfide) groups is 1. The van der Waals surface area contributed by atoms with Crippen molar-refractivity contribution >= 4 is 29.5 Å². The van der Waals surface area contributed by atoms with Crippen LogP contribution in [0, 0.1) is 5.92 Å². The summed E-state index contributed by atoms with van der Waals surface area (Å²) >= 11 is 1.90. The molecule has 18 heavy (non-hydrogen) atoms. The van der Waals surface area contributed by atoms with E-state index in [2.05, 4.69) is 10.6 Å². The minimum atomic E-state index is -1.10. The van der Waals surface area contributed by atoms with Gasteiger partial charge in [0.2, 0.25) is 11.8 Å². The highest BCUT2D eigenvalue weighted by Crippen LogP contribution is 2.24. The van der Waals surface area contributed by atoms with E-state index < -0.39 is 18.4 Å². The van der Waals surface area contributed by atoms with Crippen molar-refractivity contribution in [2.75, 3.05) is 24.6 Å². The summed E-state index contributed by atoms with van der Waals surface area (Å²) in [5.74, 6) is 0.874. The first-order valence-corrected chi connectivity index (χ1v) is 7.06. The Balaban J connectivity index is 2.12. The van der Waals surface area contributed by atoms with Gasteiger partial charge in [-0.3, -0.25) is 14.4 Å². The Kier molecular flexibility index (Phi) is 6.56. The predicted molar refractivity (Wildman–Crippen MR) is 68.3 cm³/mol. The van der Waals surface area contributed by atoms with Gasteiger partial charge in [-0.05, 0) is 30.3 Å². The molecule has 2 amide bonds. The molecule has 0 bridgehead atoms. The zero-order valence-corrected chi connectivity index (χ0v) is 10.9. The van der Waals surface area contributed by atoms with E-state index in [1.165, 1.54) is 0 Å². The Morgan fingerprint density at radius 2 is 1.67 bits per heavy atom. The van der Waals surface area contributed by atoms with E-state index in [1.54, 1.807) is 0 Å². The van der Waals surface area contributed by atoms with Gasteiger partial charge in [0.05, 0.1) is 6.54 Å². The number of amides is 2. The van der Waals surface area contributed by atoms with Crippen LogP contribution in [0.3, 0.4) is 0 Å². The summed E-state index contributed by atoms with van der Waals surface area (Å²) in [7, 11) is 0. The molecule has 0 unspecified atom stereocenters. The second-order valence-electron chi connectivity index (χ2n) is 4.21. The van der Waals surface area contributed by atoms with Gasteiger partial charge in [-0.2, -0.15) is 11.8 Å².